The van der Waals surface area contributed by atoms with E-state index in [1.807, 2.05) is 48.5 Å². The van der Waals surface area contributed by atoms with Gasteiger partial charge in [0, 0.05) is 42.1 Å². The number of benzene rings is 7. The fourth-order valence-electron chi connectivity index (χ4n) is 15.6. The molecule has 0 saturated carbocycles. The van der Waals surface area contributed by atoms with Crippen LogP contribution < -0.4 is 62.9 Å². The van der Waals surface area contributed by atoms with Crippen LogP contribution in [0.25, 0.3) is 22.3 Å². The van der Waals surface area contributed by atoms with E-state index in [4.69, 9.17) is 67.8 Å². The molecular weight excluding hydrogens is 1640 g/mol. The number of carbonyl (C=O) groups excluding carboxylic acids is 9. The summed E-state index contributed by atoms with van der Waals surface area (Å²) in [4.78, 5) is 149. The molecule has 0 unspecified atom stereocenters. The lowest BCUT2D eigenvalue weighted by Crippen LogP contribution is -2.64. The standard InChI is InChI=1S/C83H88Cl2N10O27/c1-33(2)20-50(95(5)82(115)116-32-46-42-12-8-6-10-40(42)41-11-7-9-13-43(41)46)75(109)93-65-67(103)36-15-18-53(47(84)22-36)118-55-24-38-25-56(71(55)122-81-72(70(106)69(105)57(31-96)120-81)121-60-29-83(4,87)73(107)34(3)117-60)119-54-19-16-37(23-48(54)85)68(104)66-80(114)92-64(76(110)88-30-59(101)102)45-26-39(97)27-52(99)61(45)44-21-35(14-17-51(44)98)62(77(111)94-66)91-78(112)63(38)90-74(108)49(28-58(86)100)89-79(65)113/h6-19,21-27,33-34,46,49-50,57,60,62-70,72-73,81,96-99,103-107H,20,28-32,87H2,1-5H3,(H2,86,100)(H,88,110)(H,89,113)(H,90,108)(H,91,112)(H,92,114)(H,93,109)(H,94,111)(H,101,102)/t34-,49-,50+,57-,60-,62+,63+,64-,65+,66-,67+,68+,69+,70-,72-,73+,81-,83-/m0/s1. The van der Waals surface area contributed by atoms with Gasteiger partial charge < -0.3 is 133 Å². The third kappa shape index (κ3) is 18.3. The first-order valence-corrected chi connectivity index (χ1v) is 39.3. The van der Waals surface area contributed by atoms with Gasteiger partial charge in [-0.15, -0.1) is 0 Å². The number of nitrogens with zero attached hydrogens (tertiary/aromatic N) is 1. The molecule has 7 heterocycles. The zero-order chi connectivity index (χ0) is 87.9. The molecule has 37 nitrogen and oxygen atoms in total. The number of primary amides is 1. The Morgan fingerprint density at radius 1 is 0.664 bits per heavy atom. The summed E-state index contributed by atoms with van der Waals surface area (Å²) in [7, 11) is 1.29. The van der Waals surface area contributed by atoms with Gasteiger partial charge in [-0.25, -0.2) is 4.79 Å². The highest BCUT2D eigenvalue weighted by atomic mass is 35.5. The molecule has 0 radical (unpaired) electrons. The van der Waals surface area contributed by atoms with Gasteiger partial charge >= 0.3 is 12.1 Å². The summed E-state index contributed by atoms with van der Waals surface area (Å²) in [5, 5.41) is 131. The van der Waals surface area contributed by atoms with Crippen LogP contribution in [0.1, 0.15) is 122 Å². The Morgan fingerprint density at radius 3 is 1.86 bits per heavy atom. The molecule has 7 aromatic rings. The minimum Gasteiger partial charge on any atom is -0.508 e. The Morgan fingerprint density at radius 2 is 1.26 bits per heavy atom. The van der Waals surface area contributed by atoms with Gasteiger partial charge in [-0.05, 0) is 131 Å². The molecule has 39 heteroatoms. The first-order chi connectivity index (χ1) is 57.9. The van der Waals surface area contributed by atoms with Crippen molar-refractivity contribution in [2.45, 2.75) is 162 Å². The number of fused-ring (bicyclic) bond motifs is 18. The number of halogens is 2. The van der Waals surface area contributed by atoms with Crippen molar-refractivity contribution in [3.05, 3.63) is 176 Å². The van der Waals surface area contributed by atoms with Crippen LogP contribution in [0.2, 0.25) is 10.0 Å². The van der Waals surface area contributed by atoms with Crippen molar-refractivity contribution < 1.29 is 132 Å². The lowest BCUT2D eigenvalue weighted by molar-refractivity contribution is -0.333. The number of carboxylic acids is 1. The van der Waals surface area contributed by atoms with E-state index in [1.54, 1.807) is 13.8 Å². The van der Waals surface area contributed by atoms with E-state index in [9.17, 15) is 70.2 Å². The van der Waals surface area contributed by atoms with Crippen LogP contribution in [0.15, 0.2) is 127 Å². The number of phenolic OH excluding ortho intramolecular Hbond substituents is 3. The first kappa shape index (κ1) is 87.8. The summed E-state index contributed by atoms with van der Waals surface area (Å²) in [6.07, 6.45) is -20.6. The maximum atomic E-state index is 16.4. The van der Waals surface area contributed by atoms with Crippen LogP contribution in [0.3, 0.4) is 0 Å². The van der Waals surface area contributed by atoms with Crippen molar-refractivity contribution in [1.29, 1.82) is 0 Å². The third-order valence-electron chi connectivity index (χ3n) is 21.9. The number of aliphatic hydroxyl groups is 6. The van der Waals surface area contributed by atoms with Crippen LogP contribution in [-0.2, 0) is 62.1 Å². The Labute approximate surface area is 704 Å². The van der Waals surface area contributed by atoms with E-state index in [0.717, 1.165) is 100.0 Å². The summed E-state index contributed by atoms with van der Waals surface area (Å²) < 4.78 is 44.6. The molecule has 122 heavy (non-hydrogen) atoms. The molecule has 0 aromatic heterocycles. The number of carbonyl (C=O) groups is 10. The number of aromatic hydroxyl groups is 3. The molecule has 21 N–H and O–H groups in total. The van der Waals surface area contributed by atoms with E-state index in [0.29, 0.717) is 0 Å². The Kier molecular flexibility index (Phi) is 25.9. The normalized spacial score (nSPS) is 26.6. The number of ether oxygens (including phenoxy) is 7. The zero-order valence-electron chi connectivity index (χ0n) is 65.6. The Balaban J connectivity index is 0.977. The van der Waals surface area contributed by atoms with Crippen LogP contribution in [0, 0.1) is 5.92 Å². The number of phenols is 3. The summed E-state index contributed by atoms with van der Waals surface area (Å²) >= 11 is 14.4. The van der Waals surface area contributed by atoms with Crippen molar-refractivity contribution >= 4 is 82.5 Å². The number of carboxylic acid groups (broad SMARTS) is 1. The Hall–Kier alpha value is -12.0. The number of aliphatic hydroxyl groups excluding tert-OH is 6. The number of amides is 9. The topological polar surface area (TPSA) is 577 Å². The van der Waals surface area contributed by atoms with E-state index in [-0.39, 0.29) is 36.5 Å². The average molecular weight is 1730 g/mol. The van der Waals surface area contributed by atoms with Gasteiger partial charge in [0.05, 0.1) is 35.3 Å². The molecule has 8 aliphatic rings. The van der Waals surface area contributed by atoms with Gasteiger partial charge in [-0.1, -0.05) is 104 Å². The van der Waals surface area contributed by atoms with Gasteiger partial charge in [0.25, 0.3) is 0 Å². The molecule has 11 bridgehead atoms. The van der Waals surface area contributed by atoms with Crippen LogP contribution in [-0.4, -0.2) is 221 Å². The van der Waals surface area contributed by atoms with Crippen molar-refractivity contribution in [3.63, 3.8) is 0 Å². The number of nitrogens with two attached hydrogens (primary N) is 2. The second-order valence-electron chi connectivity index (χ2n) is 31.1. The molecule has 1 aliphatic carbocycles. The lowest BCUT2D eigenvalue weighted by Gasteiger charge is -2.47. The highest BCUT2D eigenvalue weighted by Crippen LogP contribution is 2.51. The van der Waals surface area contributed by atoms with Gasteiger partial charge in [0.2, 0.25) is 59.3 Å². The smallest absolute Gasteiger partial charge is 0.410 e. The fraction of sp³-hybridized carbons (Fsp3) is 0.373. The molecule has 0 spiro atoms. The highest BCUT2D eigenvalue weighted by molar-refractivity contribution is 6.32. The minimum atomic E-state index is -2.44. The maximum Gasteiger partial charge on any atom is 0.410 e. The van der Waals surface area contributed by atoms with Crippen LogP contribution >= 0.6 is 23.2 Å². The predicted molar refractivity (Wildman–Crippen MR) is 426 cm³/mol. The summed E-state index contributed by atoms with van der Waals surface area (Å²) in [5.41, 5.74) is 11.5. The van der Waals surface area contributed by atoms with Crippen molar-refractivity contribution in [3.8, 4) is 68.2 Å². The molecule has 2 fully saturated rings. The van der Waals surface area contributed by atoms with Gasteiger partial charge in [-0.3, -0.25) is 48.1 Å². The predicted octanol–water partition coefficient (Wildman–Crippen LogP) is 2.88. The highest BCUT2D eigenvalue weighted by Gasteiger charge is 2.52. The van der Waals surface area contributed by atoms with Gasteiger partial charge in [0.15, 0.2) is 23.9 Å². The molecule has 18 atom stereocenters. The van der Waals surface area contributed by atoms with Crippen molar-refractivity contribution in [2.75, 3.05) is 26.8 Å². The Bertz CT molecular complexity index is 5250. The number of aliphatic carboxylic acids is 1. The second kappa shape index (κ2) is 36.0. The van der Waals surface area contributed by atoms with E-state index in [2.05, 4.69) is 37.2 Å². The number of hydrogen-bond acceptors (Lipinski definition) is 27. The molecule has 7 aliphatic heterocycles. The maximum absolute atomic E-state index is 16.4. The van der Waals surface area contributed by atoms with E-state index >= 15 is 28.8 Å². The largest absolute Gasteiger partial charge is 0.508 e. The van der Waals surface area contributed by atoms with E-state index < -0.39 is 278 Å². The molecule has 2 saturated heterocycles. The average Bonchev–Trinajstić information content (AvgIpc) is 1.76. The molecule has 646 valence electrons. The summed E-state index contributed by atoms with van der Waals surface area (Å²) in [6.45, 7) is 4.17. The molecular formula is C83H88Cl2N10O27. The molecule has 9 amide bonds. The van der Waals surface area contributed by atoms with Gasteiger partial charge in [0.1, 0.15) is 115 Å². The van der Waals surface area contributed by atoms with Crippen molar-refractivity contribution in [2.24, 2.45) is 17.4 Å². The second-order valence-corrected chi connectivity index (χ2v) is 31.9. The number of hydrogen-bond donors (Lipinski definition) is 19. The first-order valence-electron chi connectivity index (χ1n) is 38.5. The van der Waals surface area contributed by atoms with Crippen LogP contribution in [0.5, 0.6) is 46.0 Å². The quantitative estimate of drug-likeness (QED) is 0.0623. The van der Waals surface area contributed by atoms with Crippen molar-refractivity contribution in [1.82, 2.24) is 42.1 Å². The summed E-state index contributed by atoms with van der Waals surface area (Å²) in [5.74, 6) is -18.8. The zero-order valence-corrected chi connectivity index (χ0v) is 67.1. The monoisotopic (exact) mass is 1730 g/mol. The molecule has 15 rings (SSSR count). The number of likely N-dealkylation sites (N-methyl/N-ethyl adjacent to an activating group) is 1. The SMILES string of the molecule is CC(C)C[C@H](C(=O)N[C@H]1C(=O)N[C@@H](CC(N)=O)C(=O)N[C@H]2C(=O)N[C@H]3C(=O)N[C@H](C(=O)N[C@H](C(=O)NCC(=O)O)c4cc(O)cc(O)c4-c4cc3ccc4O)[C@H](O)c3ccc(c(Cl)c3)Oc3cc2cc(c3O[C@@H]2O[C@@H](CO)[C@@H](O)[C@H](O)[C@@H]2O[C@H]2C[C@](C)(N)[C@H](O)[C@H](C)O2)Oc2ccc(cc2Cl)[C@H]1O)N(C)C(=O)OCC1c2ccccc2-c2ccccc21. The van der Waals surface area contributed by atoms with Gasteiger partial charge in [-0.2, -0.15) is 0 Å². The fourth-order valence-corrected chi connectivity index (χ4v) is 16.1. The third-order valence-corrected chi connectivity index (χ3v) is 22.5. The lowest BCUT2D eigenvalue weighted by atomic mass is 9.86. The van der Waals surface area contributed by atoms with Crippen LogP contribution in [0.4, 0.5) is 4.79 Å². The summed E-state index contributed by atoms with van der Waals surface area (Å²) in [6, 6.07) is 13.1. The molecule has 7 aromatic carbocycles. The minimum absolute atomic E-state index is 0.101. The number of rotatable bonds is 17. The number of nitrogens with one attached hydrogen (secondary N) is 7. The van der Waals surface area contributed by atoms with E-state index in [1.165, 1.54) is 27.0 Å².